The van der Waals surface area contributed by atoms with Gasteiger partial charge in [-0.2, -0.15) is 0 Å². The highest BCUT2D eigenvalue weighted by Gasteiger charge is 2.05. The Balaban J connectivity index is 1.92. The molecule has 0 aliphatic heterocycles. The monoisotopic (exact) mass is 252 g/mol. The van der Waals surface area contributed by atoms with E-state index < -0.39 is 0 Å². The fraction of sp³-hybridized carbons (Fsp3) is 0.0714. The van der Waals surface area contributed by atoms with E-state index in [9.17, 15) is 0 Å². The van der Waals surface area contributed by atoms with E-state index in [0.29, 0.717) is 0 Å². The minimum absolute atomic E-state index is 0.819. The molecule has 0 saturated heterocycles. The van der Waals surface area contributed by atoms with Crippen LogP contribution in [0.15, 0.2) is 55.0 Å². The molecule has 0 N–H and O–H groups in total. The van der Waals surface area contributed by atoms with E-state index in [-0.39, 0.29) is 0 Å². The number of rotatable bonds is 3. The maximum Gasteiger partial charge on any atom is 0.118 e. The third-order valence-corrected chi connectivity index (χ3v) is 2.81. The van der Waals surface area contributed by atoms with Crippen molar-refractivity contribution in [2.45, 2.75) is 0 Å². The van der Waals surface area contributed by atoms with Crippen LogP contribution in [0, 0.1) is 0 Å². The average molecular weight is 252 g/mol. The molecule has 0 unspecified atom stereocenters. The van der Waals surface area contributed by atoms with Crippen molar-refractivity contribution in [1.82, 2.24) is 20.0 Å². The Labute approximate surface area is 110 Å². The van der Waals surface area contributed by atoms with E-state index in [2.05, 4.69) is 15.3 Å². The van der Waals surface area contributed by atoms with E-state index in [1.807, 2.05) is 42.6 Å². The summed E-state index contributed by atoms with van der Waals surface area (Å²) in [7, 11) is 1.65. The Kier molecular flexibility index (Phi) is 2.94. The molecule has 5 nitrogen and oxygen atoms in total. The van der Waals surface area contributed by atoms with E-state index in [4.69, 9.17) is 4.74 Å². The summed E-state index contributed by atoms with van der Waals surface area (Å²) in [5.41, 5.74) is 2.75. The van der Waals surface area contributed by atoms with Crippen LogP contribution < -0.4 is 4.74 Å². The third-order valence-electron chi connectivity index (χ3n) is 2.81. The predicted octanol–water partition coefficient (Wildman–Crippen LogP) is 2.34. The van der Waals surface area contributed by atoms with Gasteiger partial charge in [-0.15, -0.1) is 5.10 Å². The summed E-state index contributed by atoms with van der Waals surface area (Å²) in [6.07, 6.45) is 5.34. The summed E-state index contributed by atoms with van der Waals surface area (Å²) in [4.78, 5) is 3.98. The zero-order chi connectivity index (χ0) is 13.1. The molecule has 2 aromatic heterocycles. The summed E-state index contributed by atoms with van der Waals surface area (Å²) in [5, 5.41) is 8.28. The maximum absolute atomic E-state index is 5.13. The van der Waals surface area contributed by atoms with Gasteiger partial charge < -0.3 is 4.74 Å². The minimum Gasteiger partial charge on any atom is -0.497 e. The summed E-state index contributed by atoms with van der Waals surface area (Å²) in [6.45, 7) is 0. The smallest absolute Gasteiger partial charge is 0.118 e. The number of methoxy groups -OCH3 is 1. The number of pyridine rings is 1. The van der Waals surface area contributed by atoms with Gasteiger partial charge >= 0.3 is 0 Å². The Bertz CT molecular complexity index is 661. The van der Waals surface area contributed by atoms with Gasteiger partial charge in [0.25, 0.3) is 0 Å². The van der Waals surface area contributed by atoms with Gasteiger partial charge in [-0.1, -0.05) is 5.21 Å². The standard InChI is InChI=1S/C14H12N4O/c1-19-13-4-2-11(3-5-13)14-10-18(17-16-14)12-6-8-15-9-7-12/h2-10H,1H3. The highest BCUT2D eigenvalue weighted by Crippen LogP contribution is 2.20. The number of aromatic nitrogens is 4. The molecule has 0 bridgehead atoms. The van der Waals surface area contributed by atoms with Crippen LogP contribution in [0.4, 0.5) is 0 Å². The normalized spacial score (nSPS) is 10.4. The SMILES string of the molecule is COc1ccc(-c2cn(-c3ccncc3)nn2)cc1. The second-order valence-electron chi connectivity index (χ2n) is 3.98. The van der Waals surface area contributed by atoms with Gasteiger partial charge in [0.05, 0.1) is 19.0 Å². The van der Waals surface area contributed by atoms with Crippen molar-refractivity contribution in [2.24, 2.45) is 0 Å². The van der Waals surface area contributed by atoms with Crippen LogP contribution in [0.1, 0.15) is 0 Å². The molecule has 1 aromatic carbocycles. The second-order valence-corrected chi connectivity index (χ2v) is 3.98. The first-order chi connectivity index (χ1) is 9.36. The van der Waals surface area contributed by atoms with Crippen LogP contribution in [-0.2, 0) is 0 Å². The minimum atomic E-state index is 0.819. The molecule has 0 aliphatic carbocycles. The topological polar surface area (TPSA) is 52.8 Å². The molecule has 3 rings (SSSR count). The van der Waals surface area contributed by atoms with Crippen LogP contribution in [0.2, 0.25) is 0 Å². The summed E-state index contributed by atoms with van der Waals surface area (Å²) in [6, 6.07) is 11.5. The van der Waals surface area contributed by atoms with Gasteiger partial charge in [0, 0.05) is 18.0 Å². The molecule has 0 saturated carbocycles. The van der Waals surface area contributed by atoms with Crippen LogP contribution in [0.5, 0.6) is 5.75 Å². The van der Waals surface area contributed by atoms with Gasteiger partial charge in [0.2, 0.25) is 0 Å². The van der Waals surface area contributed by atoms with Crippen LogP contribution in [-0.4, -0.2) is 27.1 Å². The molecule has 94 valence electrons. The average Bonchev–Trinajstić information content (AvgIpc) is 2.98. The van der Waals surface area contributed by atoms with E-state index in [1.54, 1.807) is 24.2 Å². The molecule has 0 amide bonds. The molecule has 5 heteroatoms. The molecular formula is C14H12N4O. The highest BCUT2D eigenvalue weighted by molar-refractivity contribution is 5.59. The van der Waals surface area contributed by atoms with Gasteiger partial charge in [0.1, 0.15) is 11.4 Å². The predicted molar refractivity (Wildman–Crippen MR) is 71.1 cm³/mol. The second kappa shape index (κ2) is 4.89. The van der Waals surface area contributed by atoms with E-state index >= 15 is 0 Å². The lowest BCUT2D eigenvalue weighted by atomic mass is 10.2. The lowest BCUT2D eigenvalue weighted by Gasteiger charge is -2.00. The molecule has 0 spiro atoms. The van der Waals surface area contributed by atoms with Crippen molar-refractivity contribution in [1.29, 1.82) is 0 Å². The number of hydrogen-bond donors (Lipinski definition) is 0. The molecule has 0 atom stereocenters. The Morgan fingerprint density at radius 3 is 2.42 bits per heavy atom. The summed E-state index contributed by atoms with van der Waals surface area (Å²) in [5.74, 6) is 0.824. The maximum atomic E-state index is 5.13. The van der Waals surface area contributed by atoms with Crippen molar-refractivity contribution in [3.05, 3.63) is 55.0 Å². The lowest BCUT2D eigenvalue weighted by Crippen LogP contribution is -1.94. The summed E-state index contributed by atoms with van der Waals surface area (Å²) < 4.78 is 6.85. The van der Waals surface area contributed by atoms with Gasteiger partial charge in [0.15, 0.2) is 0 Å². The number of hydrogen-bond acceptors (Lipinski definition) is 4. The van der Waals surface area contributed by atoms with Gasteiger partial charge in [-0.05, 0) is 36.4 Å². The van der Waals surface area contributed by atoms with Crippen LogP contribution in [0.3, 0.4) is 0 Å². The van der Waals surface area contributed by atoms with E-state index in [1.165, 1.54) is 0 Å². The molecule has 19 heavy (non-hydrogen) atoms. The quantitative estimate of drug-likeness (QED) is 0.718. The number of benzene rings is 1. The molecule has 0 aliphatic rings. The van der Waals surface area contributed by atoms with Crippen LogP contribution >= 0.6 is 0 Å². The van der Waals surface area contributed by atoms with Crippen molar-refractivity contribution in [2.75, 3.05) is 7.11 Å². The molecule has 2 heterocycles. The fourth-order valence-electron chi connectivity index (χ4n) is 1.78. The van der Waals surface area contributed by atoms with Gasteiger partial charge in [-0.3, -0.25) is 4.98 Å². The van der Waals surface area contributed by atoms with Crippen LogP contribution in [0.25, 0.3) is 16.9 Å². The molecule has 3 aromatic rings. The van der Waals surface area contributed by atoms with Crippen molar-refractivity contribution in [3.63, 3.8) is 0 Å². The zero-order valence-electron chi connectivity index (χ0n) is 10.4. The number of ether oxygens (including phenoxy) is 1. The lowest BCUT2D eigenvalue weighted by molar-refractivity contribution is 0.415. The summed E-state index contributed by atoms with van der Waals surface area (Å²) >= 11 is 0. The van der Waals surface area contributed by atoms with Crippen molar-refractivity contribution >= 4 is 0 Å². The Morgan fingerprint density at radius 1 is 1.00 bits per heavy atom. The first-order valence-corrected chi connectivity index (χ1v) is 5.84. The van der Waals surface area contributed by atoms with Crippen molar-refractivity contribution in [3.8, 4) is 22.7 Å². The third kappa shape index (κ3) is 2.30. The Hall–Kier alpha value is -2.69. The molecular weight excluding hydrogens is 240 g/mol. The highest BCUT2D eigenvalue weighted by atomic mass is 16.5. The first kappa shape index (κ1) is 11.4. The molecule has 0 radical (unpaired) electrons. The zero-order valence-corrected chi connectivity index (χ0v) is 10.4. The largest absolute Gasteiger partial charge is 0.497 e. The fourth-order valence-corrected chi connectivity index (χ4v) is 1.78. The Morgan fingerprint density at radius 2 is 1.74 bits per heavy atom. The molecule has 0 fully saturated rings. The first-order valence-electron chi connectivity index (χ1n) is 5.84. The number of nitrogens with zero attached hydrogens (tertiary/aromatic N) is 4. The van der Waals surface area contributed by atoms with Gasteiger partial charge in [-0.25, -0.2) is 4.68 Å². The van der Waals surface area contributed by atoms with Crippen molar-refractivity contribution < 1.29 is 4.74 Å². The van der Waals surface area contributed by atoms with E-state index in [0.717, 1.165) is 22.7 Å².